The number of ketones is 1. The number of carbonyl (C=O) groups excluding carboxylic acids is 2. The number of benzene rings is 1. The van der Waals surface area contributed by atoms with Gasteiger partial charge in [0, 0.05) is 28.5 Å². The minimum absolute atomic E-state index is 0.120. The summed E-state index contributed by atoms with van der Waals surface area (Å²) in [5, 5.41) is 0. The standard InChI is InChI=1S/C19H22BrNO4/c1-12-9-16(14(3)21(12)13(2)10-24-4)18(22)11-25-19(23)15-7-5-6-8-17(15)20/h5-9,13H,10-11H2,1-4H3/t13-/m1/s1. The third kappa shape index (κ3) is 4.38. The molecule has 0 spiro atoms. The van der Waals surface area contributed by atoms with Crippen molar-refractivity contribution >= 4 is 27.7 Å². The summed E-state index contributed by atoms with van der Waals surface area (Å²) in [4.78, 5) is 24.6. The third-order valence-electron chi connectivity index (χ3n) is 4.06. The van der Waals surface area contributed by atoms with Crippen molar-refractivity contribution in [2.45, 2.75) is 26.8 Å². The largest absolute Gasteiger partial charge is 0.454 e. The highest BCUT2D eigenvalue weighted by atomic mass is 79.9. The molecule has 1 heterocycles. The Kier molecular flexibility index (Phi) is 6.56. The van der Waals surface area contributed by atoms with E-state index >= 15 is 0 Å². The van der Waals surface area contributed by atoms with Gasteiger partial charge in [-0.3, -0.25) is 4.79 Å². The molecular weight excluding hydrogens is 386 g/mol. The van der Waals surface area contributed by atoms with Crippen molar-refractivity contribution in [2.24, 2.45) is 0 Å². The quantitative estimate of drug-likeness (QED) is 0.511. The first-order chi connectivity index (χ1) is 11.9. The van der Waals surface area contributed by atoms with Gasteiger partial charge in [0.2, 0.25) is 5.78 Å². The summed E-state index contributed by atoms with van der Waals surface area (Å²) in [5.74, 6) is -0.744. The van der Waals surface area contributed by atoms with Crippen LogP contribution >= 0.6 is 15.9 Å². The molecule has 2 aromatic rings. The van der Waals surface area contributed by atoms with Gasteiger partial charge in [-0.05, 0) is 54.9 Å². The smallest absolute Gasteiger partial charge is 0.339 e. The van der Waals surface area contributed by atoms with E-state index in [0.29, 0.717) is 22.2 Å². The van der Waals surface area contributed by atoms with Crippen molar-refractivity contribution < 1.29 is 19.1 Å². The molecule has 5 nitrogen and oxygen atoms in total. The fourth-order valence-electron chi connectivity index (χ4n) is 2.97. The lowest BCUT2D eigenvalue weighted by Crippen LogP contribution is -2.17. The van der Waals surface area contributed by atoms with Gasteiger partial charge in [-0.1, -0.05) is 12.1 Å². The maximum Gasteiger partial charge on any atom is 0.339 e. The first-order valence-corrected chi connectivity index (χ1v) is 8.78. The molecule has 134 valence electrons. The normalized spacial score (nSPS) is 12.0. The number of ether oxygens (including phenoxy) is 2. The van der Waals surface area contributed by atoms with Crippen LogP contribution in [0, 0.1) is 13.8 Å². The molecule has 1 atom stereocenters. The van der Waals surface area contributed by atoms with Crippen LogP contribution in [0.4, 0.5) is 0 Å². The Morgan fingerprint density at radius 2 is 1.88 bits per heavy atom. The second-order valence-corrected chi connectivity index (χ2v) is 6.79. The molecule has 1 aromatic heterocycles. The maximum atomic E-state index is 12.5. The summed E-state index contributed by atoms with van der Waals surface area (Å²) in [6.45, 7) is 6.14. The fourth-order valence-corrected chi connectivity index (χ4v) is 3.41. The molecule has 0 amide bonds. The van der Waals surface area contributed by atoms with Crippen LogP contribution < -0.4 is 0 Å². The number of aromatic nitrogens is 1. The van der Waals surface area contributed by atoms with Gasteiger partial charge in [-0.15, -0.1) is 0 Å². The molecule has 0 saturated carbocycles. The van der Waals surface area contributed by atoms with E-state index in [4.69, 9.17) is 9.47 Å². The maximum absolute atomic E-state index is 12.5. The second-order valence-electron chi connectivity index (χ2n) is 5.94. The average molecular weight is 408 g/mol. The van der Waals surface area contributed by atoms with Gasteiger partial charge < -0.3 is 14.0 Å². The molecule has 0 unspecified atom stereocenters. The molecule has 6 heteroatoms. The molecule has 0 aliphatic rings. The molecule has 25 heavy (non-hydrogen) atoms. The van der Waals surface area contributed by atoms with E-state index < -0.39 is 5.97 Å². The lowest BCUT2D eigenvalue weighted by Gasteiger charge is -2.17. The lowest BCUT2D eigenvalue weighted by molar-refractivity contribution is 0.0473. The number of rotatable bonds is 7. The van der Waals surface area contributed by atoms with Gasteiger partial charge in [0.05, 0.1) is 18.2 Å². The Morgan fingerprint density at radius 3 is 2.52 bits per heavy atom. The molecule has 0 aliphatic carbocycles. The highest BCUT2D eigenvalue weighted by Gasteiger charge is 2.20. The van der Waals surface area contributed by atoms with E-state index in [1.165, 1.54) is 0 Å². The average Bonchev–Trinajstić information content (AvgIpc) is 2.87. The summed E-state index contributed by atoms with van der Waals surface area (Å²) in [6, 6.07) is 8.90. The van der Waals surface area contributed by atoms with Gasteiger partial charge >= 0.3 is 5.97 Å². The number of esters is 1. The first kappa shape index (κ1) is 19.4. The number of hydrogen-bond acceptors (Lipinski definition) is 4. The fraction of sp³-hybridized carbons (Fsp3) is 0.368. The zero-order chi connectivity index (χ0) is 18.6. The third-order valence-corrected chi connectivity index (χ3v) is 4.75. The van der Waals surface area contributed by atoms with Gasteiger partial charge in [0.1, 0.15) is 0 Å². The first-order valence-electron chi connectivity index (χ1n) is 7.99. The number of methoxy groups -OCH3 is 1. The molecule has 0 N–H and O–H groups in total. The van der Waals surface area contributed by atoms with E-state index in [0.717, 1.165) is 11.4 Å². The summed E-state index contributed by atoms with van der Waals surface area (Å²) in [5.41, 5.74) is 2.79. The number of hydrogen-bond donors (Lipinski definition) is 0. The van der Waals surface area contributed by atoms with Gasteiger partial charge in [-0.25, -0.2) is 4.79 Å². The molecular formula is C19H22BrNO4. The van der Waals surface area contributed by atoms with Crippen LogP contribution in [0.5, 0.6) is 0 Å². The van der Waals surface area contributed by atoms with Gasteiger partial charge in [0.15, 0.2) is 6.61 Å². The van der Waals surface area contributed by atoms with Crippen LogP contribution in [-0.2, 0) is 9.47 Å². The highest BCUT2D eigenvalue weighted by Crippen LogP contribution is 2.22. The van der Waals surface area contributed by atoms with Crippen molar-refractivity contribution in [3.8, 4) is 0 Å². The number of Topliss-reactive ketones (excluding diaryl/α,β-unsaturated/α-hetero) is 1. The Bertz CT molecular complexity index is 782. The summed E-state index contributed by atoms with van der Waals surface area (Å²) < 4.78 is 13.1. The molecule has 0 aliphatic heterocycles. The molecule has 2 rings (SSSR count). The Labute approximate surface area is 156 Å². The Hall–Kier alpha value is -1.92. The van der Waals surface area contributed by atoms with Crippen LogP contribution in [0.3, 0.4) is 0 Å². The zero-order valence-corrected chi connectivity index (χ0v) is 16.4. The molecule has 0 bridgehead atoms. The van der Waals surface area contributed by atoms with Crippen molar-refractivity contribution in [1.29, 1.82) is 0 Å². The van der Waals surface area contributed by atoms with Crippen molar-refractivity contribution in [3.63, 3.8) is 0 Å². The lowest BCUT2D eigenvalue weighted by atomic mass is 10.1. The van der Waals surface area contributed by atoms with Crippen LogP contribution in [0.15, 0.2) is 34.8 Å². The van der Waals surface area contributed by atoms with Crippen LogP contribution in [0.2, 0.25) is 0 Å². The Morgan fingerprint density at radius 1 is 1.20 bits per heavy atom. The zero-order valence-electron chi connectivity index (χ0n) is 14.8. The predicted molar refractivity (Wildman–Crippen MR) is 99.2 cm³/mol. The number of aryl methyl sites for hydroxylation is 1. The van der Waals surface area contributed by atoms with E-state index in [2.05, 4.69) is 20.5 Å². The highest BCUT2D eigenvalue weighted by molar-refractivity contribution is 9.10. The Balaban J connectivity index is 2.10. The SMILES string of the molecule is COC[C@@H](C)n1c(C)cc(C(=O)COC(=O)c2ccccc2Br)c1C. The van der Waals surface area contributed by atoms with Crippen molar-refractivity contribution in [3.05, 3.63) is 57.3 Å². The monoisotopic (exact) mass is 407 g/mol. The topological polar surface area (TPSA) is 57.5 Å². The summed E-state index contributed by atoms with van der Waals surface area (Å²) >= 11 is 3.30. The number of halogens is 1. The molecule has 0 fully saturated rings. The van der Waals surface area contributed by atoms with Gasteiger partial charge in [0.25, 0.3) is 0 Å². The van der Waals surface area contributed by atoms with Crippen molar-refractivity contribution in [1.82, 2.24) is 4.57 Å². The van der Waals surface area contributed by atoms with Crippen molar-refractivity contribution in [2.75, 3.05) is 20.3 Å². The molecule has 0 radical (unpaired) electrons. The number of nitrogens with zero attached hydrogens (tertiary/aromatic N) is 1. The molecule has 0 saturated heterocycles. The van der Waals surface area contributed by atoms with E-state index in [9.17, 15) is 9.59 Å². The minimum atomic E-state index is -0.526. The number of carbonyl (C=O) groups is 2. The van der Waals surface area contributed by atoms with Crippen LogP contribution in [0.25, 0.3) is 0 Å². The van der Waals surface area contributed by atoms with E-state index in [1.54, 1.807) is 25.3 Å². The summed E-state index contributed by atoms with van der Waals surface area (Å²) in [7, 11) is 1.65. The predicted octanol–water partition coefficient (Wildman–Crippen LogP) is 4.11. The van der Waals surface area contributed by atoms with E-state index in [-0.39, 0.29) is 18.4 Å². The summed E-state index contributed by atoms with van der Waals surface area (Å²) in [6.07, 6.45) is 0. The minimum Gasteiger partial charge on any atom is -0.454 e. The van der Waals surface area contributed by atoms with E-state index in [1.807, 2.05) is 32.9 Å². The molecule has 1 aromatic carbocycles. The second kappa shape index (κ2) is 8.45. The van der Waals surface area contributed by atoms with Crippen LogP contribution in [0.1, 0.15) is 45.1 Å². The van der Waals surface area contributed by atoms with Crippen LogP contribution in [-0.4, -0.2) is 36.6 Å². The van der Waals surface area contributed by atoms with Gasteiger partial charge in [-0.2, -0.15) is 0 Å².